The number of methoxy groups -OCH3 is 2. The van der Waals surface area contributed by atoms with Crippen LogP contribution >= 0.6 is 11.6 Å². The fourth-order valence-corrected chi connectivity index (χ4v) is 18.7. The minimum absolute atomic E-state index is 0.0323. The van der Waals surface area contributed by atoms with Gasteiger partial charge in [0.1, 0.15) is 36.2 Å². The van der Waals surface area contributed by atoms with E-state index in [0.29, 0.717) is 92.3 Å². The Morgan fingerprint density at radius 3 is 1.52 bits per heavy atom. The number of hydrogen-bond acceptors (Lipinski definition) is 26. The molecule has 6 amide bonds. The molecule has 3 N–H and O–H groups in total. The third-order valence-electron chi connectivity index (χ3n) is 23.6. The fourth-order valence-electron chi connectivity index (χ4n) is 18.6. The van der Waals surface area contributed by atoms with Crippen molar-refractivity contribution in [2.24, 2.45) is 0 Å². The highest BCUT2D eigenvalue weighted by Crippen LogP contribution is 2.62. The summed E-state index contributed by atoms with van der Waals surface area (Å²) < 4.78 is 133. The molecule has 0 saturated carbocycles. The number of quaternary nitrogens is 1. The van der Waals surface area contributed by atoms with Crippen LogP contribution < -0.4 is 53.3 Å². The molecular weight excluding hydrogens is 1610 g/mol. The molecule has 0 spiro atoms. The first kappa shape index (κ1) is 91.9. The summed E-state index contributed by atoms with van der Waals surface area (Å²) in [4.78, 5) is 137. The van der Waals surface area contributed by atoms with Crippen molar-refractivity contribution in [3.63, 3.8) is 0 Å². The number of nitrogens with zero attached hydrogens (tertiary/aromatic N) is 8. The van der Waals surface area contributed by atoms with Gasteiger partial charge in [0.25, 0.3) is 0 Å². The van der Waals surface area contributed by atoms with Gasteiger partial charge in [-0.15, -0.1) is 0 Å². The monoisotopic (exact) mass is 1710 g/mol. The van der Waals surface area contributed by atoms with E-state index in [4.69, 9.17) is 54.2 Å². The van der Waals surface area contributed by atoms with Crippen LogP contribution in [0.2, 0.25) is 0 Å². The average molecular weight is 1710 g/mol. The van der Waals surface area contributed by atoms with Gasteiger partial charge < -0.3 is 58.4 Å². The summed E-state index contributed by atoms with van der Waals surface area (Å²) in [5.74, 6) is -8.39. The first-order valence-corrected chi connectivity index (χ1v) is 39.9. The molecule has 37 heteroatoms. The van der Waals surface area contributed by atoms with E-state index in [1.165, 1.54) is 42.0 Å². The van der Waals surface area contributed by atoms with Crippen LogP contribution in [-0.4, -0.2) is 215 Å². The van der Waals surface area contributed by atoms with Crippen molar-refractivity contribution < 1.29 is 127 Å². The molecule has 8 aliphatic rings. The lowest BCUT2D eigenvalue weighted by atomic mass is 9.71. The molecule has 8 heterocycles. The number of benzene rings is 4. The quantitative estimate of drug-likeness (QED) is 0.0229. The van der Waals surface area contributed by atoms with Gasteiger partial charge in [0.05, 0.1) is 64.0 Å². The van der Waals surface area contributed by atoms with Gasteiger partial charge in [-0.1, -0.05) is 39.8 Å². The fraction of sp³-hybridized carbons (Fsp3) is 0.566. The van der Waals surface area contributed by atoms with Crippen LogP contribution in [0.25, 0.3) is 0 Å². The number of esters is 3. The molecule has 0 aliphatic carbocycles. The maximum absolute atomic E-state index is 15.1. The largest absolute Gasteiger partial charge is 0.504 e. The maximum Gasteiger partial charge on any atom is 0.471 e. The molecule has 3 unspecified atom stereocenters. The summed E-state index contributed by atoms with van der Waals surface area (Å²) >= 11 is 4.94. The number of nitrogens with one attached hydrogen (secondary N) is 2. The van der Waals surface area contributed by atoms with Crippen molar-refractivity contribution in [1.29, 1.82) is 10.5 Å². The molecule has 650 valence electrons. The number of imide groups is 2. The van der Waals surface area contributed by atoms with E-state index in [9.17, 15) is 85.1 Å². The standard InChI is InChI=1S/C46H57F3N5O11.C33H36F3N5O8.C4H7ClO/c1-11-14-33(56)52(45(60)46(47,48)49)25(6)44(59)54(9,34(57)15-12-2)21-32-37-28(40(64-26(7)55)24(5)41-42(37)63-22-62-41)19-30-38-36-27(18-29(51(38)8)31(20-50)53(30)32)17-23(4)39(61-10)43(36)65-35(58)16-13-3;1-13-7-17-8-19-21(10-37)41-20(25(40(19)5)23(17)26(43)27(13)46-6)9-18-24(30-29(47-12-48-30)14(2)28(18)49-16(4)42)22(41)11-38-31(44)15(3)39-32(45)33(34,35)36;1-2-3-4(5)6/h17,25,29-32,38H,11-16,18-19,21-22H2,1-10H3;7,15,19-22,25,43H,8-9,11-12H2,1-6H3,(H,38,44)(H,39,45);2-3H2,1H3/q+1;;/t25-,29-,30?,31-,32-,38-,54?;15-,19-,20?,21-,22-,25-;/m00./s1. The average Bonchev–Trinajstić information content (AvgIpc) is 0.824. The molecule has 2 fully saturated rings. The van der Waals surface area contributed by atoms with E-state index in [2.05, 4.69) is 17.5 Å². The van der Waals surface area contributed by atoms with Crippen LogP contribution in [0, 0.1) is 50.4 Å². The van der Waals surface area contributed by atoms with Crippen LogP contribution in [0.1, 0.15) is 198 Å². The molecule has 30 nitrogen and oxygen atoms in total. The maximum atomic E-state index is 15.1. The van der Waals surface area contributed by atoms with Crippen LogP contribution in [0.5, 0.6) is 57.5 Å². The number of amides is 6. The zero-order chi connectivity index (χ0) is 88.7. The molecule has 4 aromatic carbocycles. The summed E-state index contributed by atoms with van der Waals surface area (Å²) in [7, 11) is 7.90. The van der Waals surface area contributed by atoms with E-state index in [0.717, 1.165) is 37.0 Å². The molecule has 8 aliphatic heterocycles. The molecule has 120 heavy (non-hydrogen) atoms. The van der Waals surface area contributed by atoms with E-state index < -0.39 is 150 Å². The van der Waals surface area contributed by atoms with Gasteiger partial charge in [-0.2, -0.15) is 41.3 Å². The lowest BCUT2D eigenvalue weighted by molar-refractivity contribution is -0.763. The number of ether oxygens (including phenoxy) is 9. The second-order valence-corrected chi connectivity index (χ2v) is 31.7. The van der Waals surface area contributed by atoms with E-state index >= 15 is 4.79 Å². The highest BCUT2D eigenvalue weighted by molar-refractivity contribution is 6.63. The van der Waals surface area contributed by atoms with Crippen molar-refractivity contribution in [2.45, 2.75) is 245 Å². The molecule has 4 aromatic rings. The number of nitriles is 2. The Labute approximate surface area is 694 Å². The van der Waals surface area contributed by atoms with Crippen molar-refractivity contribution >= 4 is 70.2 Å². The van der Waals surface area contributed by atoms with Gasteiger partial charge in [-0.25, -0.2) is 9.59 Å². The molecular formula is C83H100ClF6N10O20+. The second-order valence-electron chi connectivity index (χ2n) is 31.3. The molecule has 13 atom stereocenters. The number of alkyl halides is 6. The Kier molecular flexibility index (Phi) is 28.0. The van der Waals surface area contributed by atoms with E-state index in [-0.39, 0.29) is 116 Å². The molecule has 12 rings (SSSR count). The van der Waals surface area contributed by atoms with E-state index in [1.807, 2.05) is 73.5 Å². The predicted molar refractivity (Wildman–Crippen MR) is 415 cm³/mol. The zero-order valence-corrected chi connectivity index (χ0v) is 70.6. The number of phenolic OH excluding ortho intramolecular Hbond substituents is 1. The van der Waals surface area contributed by atoms with Gasteiger partial charge >= 0.3 is 53.9 Å². The van der Waals surface area contributed by atoms with Crippen LogP contribution in [0.15, 0.2) is 12.1 Å². The first-order chi connectivity index (χ1) is 56.5. The SMILES string of the molecule is CCCC(=O)Cl.CCCC(=O)Oc1c(OC)c(C)cc2c1[C@@H]1C3Cc4c(OC(C)=O)c(C)c5c(c4[C@H](C[N+](C)(C(=O)CCC)C(=O)[C@H](C)N(C(=O)CCC)C(=O)C(F)(F)F)N3[C@@H](C#N)[C@H](C2)N1C)OCO5.COc1c(C)cc2c(c1O)[C@@H]1C3Cc4c(OC(C)=O)c(C)c5c(c4[C@H](CNC(=O)[C@H](C)NC(=O)C(F)(F)F)N3[C@@H](C#N)[C@H](C2)N1C)OCO5. The smallest absolute Gasteiger partial charge is 0.471 e. The van der Waals surface area contributed by atoms with Crippen molar-refractivity contribution in [1.82, 2.24) is 35.1 Å². The second kappa shape index (κ2) is 36.5. The summed E-state index contributed by atoms with van der Waals surface area (Å²) in [6.07, 6.45) is -8.22. The lowest BCUT2D eigenvalue weighted by Crippen LogP contribution is -2.71. The normalized spacial score (nSPS) is 22.4. The van der Waals surface area contributed by atoms with Crippen molar-refractivity contribution in [2.75, 3.05) is 62.0 Å². The minimum Gasteiger partial charge on any atom is -0.504 e. The minimum atomic E-state index is -5.54. The Bertz CT molecular complexity index is 4880. The Hall–Kier alpha value is -10.4. The van der Waals surface area contributed by atoms with Gasteiger partial charge in [0.2, 0.25) is 30.6 Å². The summed E-state index contributed by atoms with van der Waals surface area (Å²) in [5.41, 5.74) is 7.02. The van der Waals surface area contributed by atoms with E-state index in [1.54, 1.807) is 26.1 Å². The van der Waals surface area contributed by atoms with Crippen LogP contribution in [0.3, 0.4) is 0 Å². The number of carbonyl (C=O) groups is 10. The number of phenols is 1. The third kappa shape index (κ3) is 17.1. The third-order valence-corrected chi connectivity index (χ3v) is 23.8. The predicted octanol–water partition coefficient (Wildman–Crippen LogP) is 10.0. The summed E-state index contributed by atoms with van der Waals surface area (Å²) in [6.45, 7) is 17.4. The summed E-state index contributed by atoms with van der Waals surface area (Å²) in [5, 5.41) is 37.8. The topological polar surface area (TPSA) is 362 Å². The molecule has 0 aromatic heterocycles. The Balaban J connectivity index is 0.000000244. The number of fused-ring (bicyclic) bond motifs is 18. The lowest BCUT2D eigenvalue weighted by Gasteiger charge is -2.60. The van der Waals surface area contributed by atoms with Crippen LogP contribution in [0.4, 0.5) is 26.3 Å². The van der Waals surface area contributed by atoms with Crippen molar-refractivity contribution in [3.8, 4) is 69.6 Å². The number of likely N-dealkylation sites (N-methyl/N-ethyl adjacent to an activating group) is 3. The highest BCUT2D eigenvalue weighted by Gasteiger charge is 2.62. The van der Waals surface area contributed by atoms with Crippen molar-refractivity contribution in [3.05, 3.63) is 78.9 Å². The number of aromatic hydroxyl groups is 1. The Morgan fingerprint density at radius 1 is 0.617 bits per heavy atom. The number of hydrogen-bond donors (Lipinski definition) is 3. The summed E-state index contributed by atoms with van der Waals surface area (Å²) in [6, 6.07) is -2.07. The zero-order valence-electron chi connectivity index (χ0n) is 69.8. The molecule has 0 radical (unpaired) electrons. The highest BCUT2D eigenvalue weighted by atomic mass is 35.5. The van der Waals surface area contributed by atoms with Gasteiger partial charge in [0, 0.05) is 108 Å². The molecule has 2 saturated heterocycles. The Morgan fingerprint density at radius 2 is 1.07 bits per heavy atom. The number of carbonyl (C=O) groups excluding carboxylic acids is 10. The number of rotatable bonds is 21. The first-order valence-electron chi connectivity index (χ1n) is 39.5. The van der Waals surface area contributed by atoms with Gasteiger partial charge in [-0.3, -0.25) is 62.9 Å². The number of aryl methyl sites for hydroxylation is 2. The van der Waals surface area contributed by atoms with Crippen LogP contribution in [-0.2, 0) is 73.6 Å². The number of halogens is 7. The van der Waals surface area contributed by atoms with Gasteiger partial charge in [0.15, 0.2) is 52.0 Å². The van der Waals surface area contributed by atoms with Gasteiger partial charge in [-0.05, 0) is 141 Å². The number of piperazine rings is 2. The molecule has 4 bridgehead atoms.